The topological polar surface area (TPSA) is 138 Å². The molecule has 0 spiro atoms. The molecule has 2 aromatic carbocycles. The third-order valence-corrected chi connectivity index (χ3v) is 5.87. The molecule has 12 heteroatoms. The molecule has 172 valence electrons. The molecule has 2 N–H and O–H groups in total. The van der Waals surface area contributed by atoms with E-state index < -0.39 is 15.8 Å². The molecule has 0 bridgehead atoms. The molecule has 9 nitrogen and oxygen atoms in total. The monoisotopic (exact) mass is 506 g/mol. The van der Waals surface area contributed by atoms with E-state index >= 15 is 0 Å². The van der Waals surface area contributed by atoms with E-state index in [2.05, 4.69) is 15.2 Å². The zero-order valence-corrected chi connectivity index (χ0v) is 19.9. The second kappa shape index (κ2) is 10.6. The molecule has 1 aromatic heterocycles. The number of allylic oxidation sites excluding steroid dienone is 1. The van der Waals surface area contributed by atoms with Crippen molar-refractivity contribution in [2.24, 2.45) is 10.7 Å². The number of sulfone groups is 1. The fourth-order valence-electron chi connectivity index (χ4n) is 2.52. The largest absolute Gasteiger partial charge is 0.450 e. The minimum atomic E-state index is -3.43. The number of nitrogens with two attached hydrogens (primary N) is 1. The van der Waals surface area contributed by atoms with E-state index in [1.54, 1.807) is 42.7 Å². The summed E-state index contributed by atoms with van der Waals surface area (Å²) in [7, 11) is -3.43. The van der Waals surface area contributed by atoms with Gasteiger partial charge in [0.15, 0.2) is 9.84 Å². The lowest BCUT2D eigenvalue weighted by molar-refractivity contribution is -0.136. The van der Waals surface area contributed by atoms with Gasteiger partial charge in [-0.25, -0.2) is 18.2 Å². The first kappa shape index (κ1) is 24.5. The molecule has 1 heterocycles. The van der Waals surface area contributed by atoms with Crippen LogP contribution in [0.4, 0.5) is 5.69 Å². The summed E-state index contributed by atoms with van der Waals surface area (Å²) in [5.74, 6) is -0.613. The normalized spacial score (nSPS) is 12.6. The van der Waals surface area contributed by atoms with Crippen molar-refractivity contribution >= 4 is 50.6 Å². The highest BCUT2D eigenvalue weighted by Gasteiger charge is 2.18. The molecule has 0 aliphatic carbocycles. The van der Waals surface area contributed by atoms with Crippen LogP contribution in [0.25, 0.3) is 11.5 Å². The van der Waals surface area contributed by atoms with Gasteiger partial charge in [0.1, 0.15) is 17.3 Å². The molecule has 0 saturated carbocycles. The van der Waals surface area contributed by atoms with Crippen LogP contribution < -0.4 is 5.73 Å². The maximum Gasteiger partial charge on any atom is 0.355 e. The first-order valence-corrected chi connectivity index (χ1v) is 13.0. The number of para-hydroxylation sites is 1. The number of hydrogen-bond acceptors (Lipinski definition) is 10. The average molecular weight is 507 g/mol. The van der Waals surface area contributed by atoms with Crippen LogP contribution >= 0.6 is 23.4 Å². The predicted molar refractivity (Wildman–Crippen MR) is 127 cm³/mol. The Kier molecular flexibility index (Phi) is 7.90. The van der Waals surface area contributed by atoms with E-state index in [0.29, 0.717) is 16.3 Å². The Balaban J connectivity index is 2.05. The maximum absolute atomic E-state index is 12.1. The van der Waals surface area contributed by atoms with E-state index in [0.717, 1.165) is 6.26 Å². The SMILES string of the molecule is CSCOC(=O)C(N)=CC(=Nc1ccccc1Cl)c1nnc(-c2cccc(S(C)(=O)=O)c2)o1. The predicted octanol–water partition coefficient (Wildman–Crippen LogP) is 3.62. The van der Waals surface area contributed by atoms with Gasteiger partial charge in [0.25, 0.3) is 5.89 Å². The van der Waals surface area contributed by atoms with E-state index in [4.69, 9.17) is 26.5 Å². The third kappa shape index (κ3) is 6.44. The Hall–Kier alpha value is -3.15. The fourth-order valence-corrected chi connectivity index (χ4v) is 3.59. The highest BCUT2D eigenvalue weighted by atomic mass is 35.5. The van der Waals surface area contributed by atoms with E-state index in [1.165, 1.54) is 30.0 Å². The van der Waals surface area contributed by atoms with Crippen LogP contribution in [0, 0.1) is 0 Å². The van der Waals surface area contributed by atoms with Gasteiger partial charge in [0.2, 0.25) is 5.89 Å². The van der Waals surface area contributed by atoms with Crippen LogP contribution in [0.3, 0.4) is 0 Å². The average Bonchev–Trinajstić information content (AvgIpc) is 3.28. The lowest BCUT2D eigenvalue weighted by Crippen LogP contribution is -2.16. The molecular weight excluding hydrogens is 488 g/mol. The van der Waals surface area contributed by atoms with Crippen LogP contribution in [0.2, 0.25) is 5.02 Å². The maximum atomic E-state index is 12.1. The second-order valence-corrected chi connectivity index (χ2v) is 9.83. The quantitative estimate of drug-likeness (QED) is 0.210. The number of benzene rings is 2. The number of halogens is 1. The Labute approximate surface area is 199 Å². The van der Waals surface area contributed by atoms with Crippen molar-refractivity contribution in [1.29, 1.82) is 0 Å². The number of hydrogen-bond donors (Lipinski definition) is 1. The molecule has 0 radical (unpaired) electrons. The molecule has 3 aromatic rings. The third-order valence-electron chi connectivity index (χ3n) is 4.08. The molecule has 3 rings (SSSR count). The number of aliphatic imine (C=N–C) groups is 1. The van der Waals surface area contributed by atoms with Crippen molar-refractivity contribution in [3.8, 4) is 11.5 Å². The molecule has 0 aliphatic rings. The Morgan fingerprint density at radius 3 is 2.70 bits per heavy atom. The Morgan fingerprint density at radius 2 is 2.00 bits per heavy atom. The number of carbonyl (C=O) groups excluding carboxylic acids is 1. The van der Waals surface area contributed by atoms with Crippen LogP contribution in [0.5, 0.6) is 0 Å². The van der Waals surface area contributed by atoms with Crippen molar-refractivity contribution in [2.45, 2.75) is 4.90 Å². The number of carbonyl (C=O) groups is 1. The number of rotatable bonds is 8. The second-order valence-electron chi connectivity index (χ2n) is 6.60. The van der Waals surface area contributed by atoms with Crippen molar-refractivity contribution in [2.75, 3.05) is 18.5 Å². The molecule has 0 aliphatic heterocycles. The summed E-state index contributed by atoms with van der Waals surface area (Å²) in [4.78, 5) is 16.6. The van der Waals surface area contributed by atoms with Crippen molar-refractivity contribution < 1.29 is 22.4 Å². The number of esters is 1. The molecular formula is C21H19ClN4O5S2. The summed E-state index contributed by atoms with van der Waals surface area (Å²) < 4.78 is 34.5. The van der Waals surface area contributed by atoms with Crippen LogP contribution in [-0.2, 0) is 19.4 Å². The number of nitrogens with zero attached hydrogens (tertiary/aromatic N) is 3. The molecule has 33 heavy (non-hydrogen) atoms. The van der Waals surface area contributed by atoms with Gasteiger partial charge < -0.3 is 14.9 Å². The van der Waals surface area contributed by atoms with Crippen molar-refractivity contribution in [1.82, 2.24) is 10.2 Å². The number of aromatic nitrogens is 2. The van der Waals surface area contributed by atoms with E-state index in [-0.39, 0.29) is 34.0 Å². The standard InChI is InChI=1S/C21H19ClN4O5S2/c1-32-12-30-21(27)16(23)11-18(24-17-9-4-3-8-15(17)22)20-26-25-19(31-20)13-6-5-7-14(10-13)33(2,28)29/h3-11H,12,23H2,1-2H3. The van der Waals surface area contributed by atoms with Gasteiger partial charge in [0.05, 0.1) is 15.6 Å². The first-order valence-electron chi connectivity index (χ1n) is 9.30. The summed E-state index contributed by atoms with van der Waals surface area (Å²) in [5.41, 5.74) is 6.50. The van der Waals surface area contributed by atoms with Crippen molar-refractivity contribution in [3.63, 3.8) is 0 Å². The summed E-state index contributed by atoms with van der Waals surface area (Å²) in [6, 6.07) is 12.8. The van der Waals surface area contributed by atoms with Gasteiger partial charge in [-0.2, -0.15) is 0 Å². The van der Waals surface area contributed by atoms with Crippen molar-refractivity contribution in [3.05, 3.63) is 71.2 Å². The number of ether oxygens (including phenoxy) is 1. The smallest absolute Gasteiger partial charge is 0.355 e. The summed E-state index contributed by atoms with van der Waals surface area (Å²) in [5, 5.41) is 8.32. The van der Waals surface area contributed by atoms with Gasteiger partial charge in [-0.05, 0) is 42.7 Å². The molecule has 0 fully saturated rings. The summed E-state index contributed by atoms with van der Waals surface area (Å²) >= 11 is 7.52. The summed E-state index contributed by atoms with van der Waals surface area (Å²) in [6.07, 6.45) is 4.12. The van der Waals surface area contributed by atoms with Gasteiger partial charge in [-0.3, -0.25) is 0 Å². The van der Waals surface area contributed by atoms with Gasteiger partial charge in [-0.15, -0.1) is 22.0 Å². The van der Waals surface area contributed by atoms with Gasteiger partial charge >= 0.3 is 5.97 Å². The zero-order valence-electron chi connectivity index (χ0n) is 17.6. The summed E-state index contributed by atoms with van der Waals surface area (Å²) in [6.45, 7) is 0. The first-order chi connectivity index (χ1) is 15.7. The zero-order chi connectivity index (χ0) is 24.0. The lowest BCUT2D eigenvalue weighted by Gasteiger charge is -2.04. The highest BCUT2D eigenvalue weighted by Crippen LogP contribution is 2.26. The van der Waals surface area contributed by atoms with Crippen LogP contribution in [-0.4, -0.2) is 48.7 Å². The molecule has 0 unspecified atom stereocenters. The van der Waals surface area contributed by atoms with Crippen LogP contribution in [0.15, 0.2) is 74.6 Å². The highest BCUT2D eigenvalue weighted by molar-refractivity contribution is 7.98. The molecule has 0 atom stereocenters. The molecule has 0 saturated heterocycles. The van der Waals surface area contributed by atoms with E-state index in [1.807, 2.05) is 0 Å². The van der Waals surface area contributed by atoms with E-state index in [9.17, 15) is 13.2 Å². The Bertz CT molecular complexity index is 1340. The van der Waals surface area contributed by atoms with Gasteiger partial charge in [0, 0.05) is 11.8 Å². The fraction of sp³-hybridized carbons (Fsp3) is 0.143. The minimum absolute atomic E-state index is 0.0549. The van der Waals surface area contributed by atoms with Gasteiger partial charge in [-0.1, -0.05) is 29.8 Å². The number of thioether (sulfide) groups is 1. The minimum Gasteiger partial charge on any atom is -0.450 e. The molecule has 0 amide bonds. The Morgan fingerprint density at radius 1 is 1.24 bits per heavy atom. The lowest BCUT2D eigenvalue weighted by atomic mass is 10.2. The van der Waals surface area contributed by atoms with Crippen LogP contribution in [0.1, 0.15) is 5.89 Å².